The van der Waals surface area contributed by atoms with E-state index >= 15 is 0 Å². The molecular formula is C17H32N2O. The summed E-state index contributed by atoms with van der Waals surface area (Å²) >= 11 is 0. The standard InChI is InChI=1S/C17H32N2O/c1-17(2)12-13(9-11-20-17)19-16-8-5-6-14(16)15-7-3-4-10-18-15/h13-16,18-19H,3-12H2,1-2H3. The Morgan fingerprint density at radius 2 is 1.95 bits per heavy atom. The molecule has 3 nitrogen and oxygen atoms in total. The molecule has 0 bridgehead atoms. The van der Waals surface area contributed by atoms with Crippen LogP contribution in [0.1, 0.15) is 65.2 Å². The van der Waals surface area contributed by atoms with Crippen molar-refractivity contribution in [1.29, 1.82) is 0 Å². The van der Waals surface area contributed by atoms with E-state index in [4.69, 9.17) is 4.74 Å². The van der Waals surface area contributed by atoms with Crippen LogP contribution in [0.2, 0.25) is 0 Å². The van der Waals surface area contributed by atoms with E-state index in [0.717, 1.165) is 31.0 Å². The van der Waals surface area contributed by atoms with E-state index in [0.29, 0.717) is 6.04 Å². The van der Waals surface area contributed by atoms with Crippen LogP contribution in [0, 0.1) is 5.92 Å². The first-order chi connectivity index (χ1) is 9.64. The fraction of sp³-hybridized carbons (Fsp3) is 1.00. The Morgan fingerprint density at radius 1 is 1.05 bits per heavy atom. The van der Waals surface area contributed by atoms with Crippen LogP contribution < -0.4 is 10.6 Å². The number of hydrogen-bond acceptors (Lipinski definition) is 3. The van der Waals surface area contributed by atoms with Gasteiger partial charge in [0.2, 0.25) is 0 Å². The van der Waals surface area contributed by atoms with Crippen LogP contribution in [0.15, 0.2) is 0 Å². The summed E-state index contributed by atoms with van der Waals surface area (Å²) in [6.45, 7) is 6.62. The van der Waals surface area contributed by atoms with Crippen LogP contribution in [-0.4, -0.2) is 36.9 Å². The molecule has 4 unspecified atom stereocenters. The summed E-state index contributed by atoms with van der Waals surface area (Å²) < 4.78 is 5.85. The van der Waals surface area contributed by atoms with Gasteiger partial charge in [0.05, 0.1) is 5.60 Å². The van der Waals surface area contributed by atoms with Crippen molar-refractivity contribution in [2.24, 2.45) is 5.92 Å². The Balaban J connectivity index is 1.55. The molecule has 0 aromatic carbocycles. The van der Waals surface area contributed by atoms with Gasteiger partial charge in [0.1, 0.15) is 0 Å². The summed E-state index contributed by atoms with van der Waals surface area (Å²) in [5, 5.41) is 7.78. The molecule has 0 aromatic heterocycles. The van der Waals surface area contributed by atoms with Crippen LogP contribution >= 0.6 is 0 Å². The topological polar surface area (TPSA) is 33.3 Å². The van der Waals surface area contributed by atoms with Gasteiger partial charge in [-0.3, -0.25) is 0 Å². The Hall–Kier alpha value is -0.120. The predicted molar refractivity (Wildman–Crippen MR) is 83.0 cm³/mol. The van der Waals surface area contributed by atoms with Crippen molar-refractivity contribution in [3.05, 3.63) is 0 Å². The first-order valence-electron chi connectivity index (χ1n) is 8.77. The Labute approximate surface area is 124 Å². The minimum absolute atomic E-state index is 0.0626. The first-order valence-corrected chi connectivity index (χ1v) is 8.77. The van der Waals surface area contributed by atoms with Crippen molar-refractivity contribution in [2.45, 2.75) is 88.9 Å². The van der Waals surface area contributed by atoms with Gasteiger partial charge in [0, 0.05) is 24.7 Å². The molecule has 2 aliphatic heterocycles. The first kappa shape index (κ1) is 14.8. The quantitative estimate of drug-likeness (QED) is 0.834. The molecule has 2 saturated heterocycles. The highest BCUT2D eigenvalue weighted by molar-refractivity contribution is 4.95. The molecule has 3 aliphatic rings. The summed E-state index contributed by atoms with van der Waals surface area (Å²) in [7, 11) is 0. The molecule has 4 atom stereocenters. The highest BCUT2D eigenvalue weighted by Crippen LogP contribution is 2.33. The number of hydrogen-bond donors (Lipinski definition) is 2. The molecule has 1 aliphatic carbocycles. The van der Waals surface area contributed by atoms with Gasteiger partial charge >= 0.3 is 0 Å². The summed E-state index contributed by atoms with van der Waals surface area (Å²) in [4.78, 5) is 0. The highest BCUT2D eigenvalue weighted by Gasteiger charge is 2.37. The summed E-state index contributed by atoms with van der Waals surface area (Å²) in [6, 6.07) is 2.18. The van der Waals surface area contributed by atoms with Gasteiger partial charge in [-0.2, -0.15) is 0 Å². The van der Waals surface area contributed by atoms with Gasteiger partial charge in [0.25, 0.3) is 0 Å². The SMILES string of the molecule is CC1(C)CC(NC2CCCC2C2CCCCN2)CCO1. The summed E-state index contributed by atoms with van der Waals surface area (Å²) in [5.41, 5.74) is 0.0626. The zero-order valence-corrected chi connectivity index (χ0v) is 13.3. The lowest BCUT2D eigenvalue weighted by Crippen LogP contribution is -2.52. The Kier molecular flexibility index (Phi) is 4.68. The molecule has 2 N–H and O–H groups in total. The smallest absolute Gasteiger partial charge is 0.0641 e. The number of ether oxygens (including phenoxy) is 1. The second-order valence-corrected chi connectivity index (χ2v) is 7.72. The van der Waals surface area contributed by atoms with Crippen molar-refractivity contribution in [3.63, 3.8) is 0 Å². The molecule has 116 valence electrons. The van der Waals surface area contributed by atoms with E-state index in [1.807, 2.05) is 0 Å². The van der Waals surface area contributed by atoms with Gasteiger partial charge in [-0.05, 0) is 64.8 Å². The van der Waals surface area contributed by atoms with Crippen LogP contribution in [-0.2, 0) is 4.74 Å². The van der Waals surface area contributed by atoms with Crippen molar-refractivity contribution in [1.82, 2.24) is 10.6 Å². The van der Waals surface area contributed by atoms with Crippen molar-refractivity contribution >= 4 is 0 Å². The third-order valence-electron chi connectivity index (χ3n) is 5.58. The van der Waals surface area contributed by atoms with E-state index in [9.17, 15) is 0 Å². The molecule has 3 fully saturated rings. The van der Waals surface area contributed by atoms with Crippen LogP contribution in [0.3, 0.4) is 0 Å². The lowest BCUT2D eigenvalue weighted by Gasteiger charge is -2.39. The van der Waals surface area contributed by atoms with Gasteiger partial charge in [0.15, 0.2) is 0 Å². The van der Waals surface area contributed by atoms with E-state index in [1.54, 1.807) is 0 Å². The molecule has 0 aromatic rings. The number of piperidine rings is 1. The van der Waals surface area contributed by atoms with E-state index in [2.05, 4.69) is 24.5 Å². The number of nitrogens with one attached hydrogen (secondary N) is 2. The highest BCUT2D eigenvalue weighted by atomic mass is 16.5. The molecule has 0 radical (unpaired) electrons. The van der Waals surface area contributed by atoms with E-state index in [1.165, 1.54) is 51.5 Å². The van der Waals surface area contributed by atoms with Gasteiger partial charge in [-0.25, -0.2) is 0 Å². The minimum Gasteiger partial charge on any atom is -0.375 e. The third kappa shape index (κ3) is 3.55. The molecule has 20 heavy (non-hydrogen) atoms. The largest absolute Gasteiger partial charge is 0.375 e. The Bertz CT molecular complexity index is 312. The van der Waals surface area contributed by atoms with Crippen molar-refractivity contribution in [2.75, 3.05) is 13.2 Å². The molecule has 0 amide bonds. The lowest BCUT2D eigenvalue weighted by atomic mass is 9.86. The molecule has 0 spiro atoms. The second-order valence-electron chi connectivity index (χ2n) is 7.72. The average Bonchev–Trinajstić information content (AvgIpc) is 2.87. The monoisotopic (exact) mass is 280 g/mol. The summed E-state index contributed by atoms with van der Waals surface area (Å²) in [5.74, 6) is 0.862. The summed E-state index contributed by atoms with van der Waals surface area (Å²) in [6.07, 6.45) is 10.7. The van der Waals surface area contributed by atoms with Crippen LogP contribution in [0.25, 0.3) is 0 Å². The van der Waals surface area contributed by atoms with Gasteiger partial charge in [-0.1, -0.05) is 12.8 Å². The van der Waals surface area contributed by atoms with Gasteiger partial charge in [-0.15, -0.1) is 0 Å². The molecule has 2 heterocycles. The Morgan fingerprint density at radius 3 is 2.70 bits per heavy atom. The predicted octanol–water partition coefficient (Wildman–Crippen LogP) is 2.84. The minimum atomic E-state index is 0.0626. The molecule has 3 rings (SSSR count). The van der Waals surface area contributed by atoms with E-state index < -0.39 is 0 Å². The van der Waals surface area contributed by atoms with Crippen LogP contribution in [0.4, 0.5) is 0 Å². The maximum Gasteiger partial charge on any atom is 0.0641 e. The molecular weight excluding hydrogens is 248 g/mol. The fourth-order valence-electron chi connectivity index (χ4n) is 4.60. The zero-order chi connectivity index (χ0) is 14.0. The maximum absolute atomic E-state index is 5.85. The van der Waals surface area contributed by atoms with Crippen LogP contribution in [0.5, 0.6) is 0 Å². The maximum atomic E-state index is 5.85. The van der Waals surface area contributed by atoms with Crippen molar-refractivity contribution < 1.29 is 4.74 Å². The average molecular weight is 280 g/mol. The fourth-order valence-corrected chi connectivity index (χ4v) is 4.60. The zero-order valence-electron chi connectivity index (χ0n) is 13.3. The lowest BCUT2D eigenvalue weighted by molar-refractivity contribution is -0.0648. The number of rotatable bonds is 3. The normalized spacial score (nSPS) is 41.7. The molecule has 3 heteroatoms. The second kappa shape index (κ2) is 6.33. The third-order valence-corrected chi connectivity index (χ3v) is 5.58. The van der Waals surface area contributed by atoms with Gasteiger partial charge < -0.3 is 15.4 Å². The van der Waals surface area contributed by atoms with Crippen molar-refractivity contribution in [3.8, 4) is 0 Å². The van der Waals surface area contributed by atoms with E-state index in [-0.39, 0.29) is 5.60 Å². The molecule has 1 saturated carbocycles.